The molecule has 0 N–H and O–H groups in total. The van der Waals surface area contributed by atoms with Crippen molar-refractivity contribution in [3.63, 3.8) is 0 Å². The SMILES string of the molecule is O=[N+]([O-])c1ccc(Cl)cc1N1CCN(c2cc(Cl)ccc2[N+](=O)[O-])CC1. The lowest BCUT2D eigenvalue weighted by molar-refractivity contribution is -0.384. The Morgan fingerprint density at radius 2 is 1.08 bits per heavy atom. The fourth-order valence-corrected chi connectivity index (χ4v) is 3.33. The lowest BCUT2D eigenvalue weighted by Gasteiger charge is -2.36. The third-order valence-electron chi connectivity index (χ3n) is 4.23. The number of hydrogen-bond donors (Lipinski definition) is 0. The Morgan fingerprint density at radius 1 is 0.731 bits per heavy atom. The molecule has 0 atom stereocenters. The van der Waals surface area contributed by atoms with Gasteiger partial charge in [0.15, 0.2) is 0 Å². The summed E-state index contributed by atoms with van der Waals surface area (Å²) in [6.07, 6.45) is 0. The van der Waals surface area contributed by atoms with Gasteiger partial charge in [0.1, 0.15) is 11.4 Å². The minimum absolute atomic E-state index is 0.0170. The highest BCUT2D eigenvalue weighted by atomic mass is 35.5. The number of hydrogen-bond acceptors (Lipinski definition) is 6. The zero-order valence-electron chi connectivity index (χ0n) is 13.5. The summed E-state index contributed by atoms with van der Waals surface area (Å²) < 4.78 is 0. The number of nitrogens with zero attached hydrogens (tertiary/aromatic N) is 4. The number of halogens is 2. The summed E-state index contributed by atoms with van der Waals surface area (Å²) in [5, 5.41) is 23.3. The predicted molar refractivity (Wildman–Crippen MR) is 101 cm³/mol. The van der Waals surface area contributed by atoms with E-state index in [0.717, 1.165) is 0 Å². The molecule has 0 saturated carbocycles. The molecule has 10 heteroatoms. The molecule has 1 aliphatic rings. The van der Waals surface area contributed by atoms with Crippen molar-refractivity contribution in [2.24, 2.45) is 0 Å². The average molecular weight is 397 g/mol. The van der Waals surface area contributed by atoms with Crippen molar-refractivity contribution >= 4 is 46.0 Å². The highest BCUT2D eigenvalue weighted by Crippen LogP contribution is 2.35. The van der Waals surface area contributed by atoms with E-state index in [0.29, 0.717) is 47.6 Å². The fraction of sp³-hybridized carbons (Fsp3) is 0.250. The minimum atomic E-state index is -0.445. The molecule has 1 saturated heterocycles. The van der Waals surface area contributed by atoms with Gasteiger partial charge in [0.2, 0.25) is 0 Å². The minimum Gasteiger partial charge on any atom is -0.362 e. The van der Waals surface area contributed by atoms with Gasteiger partial charge < -0.3 is 9.80 Å². The van der Waals surface area contributed by atoms with Crippen LogP contribution >= 0.6 is 23.2 Å². The van der Waals surface area contributed by atoms with Crippen molar-refractivity contribution < 1.29 is 9.85 Å². The zero-order valence-corrected chi connectivity index (χ0v) is 15.0. The maximum absolute atomic E-state index is 11.3. The number of nitro benzene ring substituents is 2. The highest BCUT2D eigenvalue weighted by Gasteiger charge is 2.27. The molecule has 3 rings (SSSR count). The topological polar surface area (TPSA) is 92.8 Å². The molecule has 0 radical (unpaired) electrons. The van der Waals surface area contributed by atoms with Crippen LogP contribution in [0.4, 0.5) is 22.7 Å². The zero-order chi connectivity index (χ0) is 18.8. The van der Waals surface area contributed by atoms with Crippen LogP contribution in [-0.2, 0) is 0 Å². The average Bonchev–Trinajstić information content (AvgIpc) is 2.61. The summed E-state index contributed by atoms with van der Waals surface area (Å²) in [7, 11) is 0. The molecule has 1 fully saturated rings. The number of rotatable bonds is 4. The Hall–Kier alpha value is -2.58. The Bertz CT molecular complexity index is 798. The first-order valence-electron chi connectivity index (χ1n) is 7.74. The van der Waals surface area contributed by atoms with E-state index in [1.807, 2.05) is 9.80 Å². The van der Waals surface area contributed by atoms with Crippen molar-refractivity contribution in [1.82, 2.24) is 0 Å². The summed E-state index contributed by atoms with van der Waals surface area (Å²) >= 11 is 12.0. The first-order chi connectivity index (χ1) is 12.4. The molecule has 2 aromatic carbocycles. The Morgan fingerprint density at radius 3 is 1.38 bits per heavy atom. The van der Waals surface area contributed by atoms with Crippen LogP contribution < -0.4 is 9.80 Å². The molecule has 0 spiro atoms. The van der Waals surface area contributed by atoms with Crippen molar-refractivity contribution in [3.05, 3.63) is 66.7 Å². The van der Waals surface area contributed by atoms with E-state index < -0.39 is 9.85 Å². The Labute approximate surface area is 158 Å². The van der Waals surface area contributed by atoms with Crippen LogP contribution in [0.1, 0.15) is 0 Å². The van der Waals surface area contributed by atoms with Crippen LogP contribution in [0.5, 0.6) is 0 Å². The smallest absolute Gasteiger partial charge is 0.292 e. The fourth-order valence-electron chi connectivity index (χ4n) is 3.00. The normalized spacial score (nSPS) is 14.4. The van der Waals surface area contributed by atoms with Crippen molar-refractivity contribution in [2.75, 3.05) is 36.0 Å². The number of nitro groups is 2. The van der Waals surface area contributed by atoms with Gasteiger partial charge in [-0.25, -0.2) is 0 Å². The third-order valence-corrected chi connectivity index (χ3v) is 4.70. The number of anilines is 2. The highest BCUT2D eigenvalue weighted by molar-refractivity contribution is 6.31. The molecule has 26 heavy (non-hydrogen) atoms. The van der Waals surface area contributed by atoms with Crippen molar-refractivity contribution in [3.8, 4) is 0 Å². The Kier molecular flexibility index (Phi) is 5.15. The van der Waals surface area contributed by atoms with Crippen LogP contribution in [0.15, 0.2) is 36.4 Å². The largest absolute Gasteiger partial charge is 0.362 e. The van der Waals surface area contributed by atoms with Crippen LogP contribution in [0.3, 0.4) is 0 Å². The van der Waals surface area contributed by atoms with Crippen molar-refractivity contribution in [1.29, 1.82) is 0 Å². The molecule has 0 unspecified atom stereocenters. The van der Waals surface area contributed by atoms with Gasteiger partial charge in [0.25, 0.3) is 11.4 Å². The van der Waals surface area contributed by atoms with E-state index in [9.17, 15) is 20.2 Å². The van der Waals surface area contributed by atoms with Crippen LogP contribution in [-0.4, -0.2) is 36.0 Å². The predicted octanol–water partition coefficient (Wildman–Crippen LogP) is 4.14. The van der Waals surface area contributed by atoms with Crippen LogP contribution in [0, 0.1) is 20.2 Å². The molecule has 1 aliphatic heterocycles. The number of piperazine rings is 1. The maximum atomic E-state index is 11.3. The second-order valence-corrected chi connectivity index (χ2v) is 6.63. The molecular formula is C16H14Cl2N4O4. The van der Waals surface area contributed by atoms with Crippen molar-refractivity contribution in [2.45, 2.75) is 0 Å². The van der Waals surface area contributed by atoms with Gasteiger partial charge in [-0.2, -0.15) is 0 Å². The van der Waals surface area contributed by atoms with E-state index in [2.05, 4.69) is 0 Å². The lowest BCUT2D eigenvalue weighted by atomic mass is 10.2. The molecular weight excluding hydrogens is 383 g/mol. The lowest BCUT2D eigenvalue weighted by Crippen LogP contribution is -2.46. The van der Waals surface area contributed by atoms with Gasteiger partial charge >= 0.3 is 0 Å². The standard InChI is InChI=1S/C16H14Cl2N4O4/c17-11-1-3-13(21(23)24)15(9-11)19-5-7-20(8-6-19)16-10-12(18)2-4-14(16)22(25)26/h1-4,9-10H,5-8H2. The molecule has 0 aliphatic carbocycles. The van der Waals surface area contributed by atoms with E-state index in [4.69, 9.17) is 23.2 Å². The van der Waals surface area contributed by atoms with E-state index >= 15 is 0 Å². The summed E-state index contributed by atoms with van der Waals surface area (Å²) in [5.41, 5.74) is 0.860. The number of benzene rings is 2. The molecule has 0 amide bonds. The second kappa shape index (κ2) is 7.35. The van der Waals surface area contributed by atoms with Gasteiger partial charge in [-0.1, -0.05) is 23.2 Å². The summed E-state index contributed by atoms with van der Waals surface area (Å²) in [5.74, 6) is 0. The summed E-state index contributed by atoms with van der Waals surface area (Å²) in [6, 6.07) is 8.86. The van der Waals surface area contributed by atoms with Crippen LogP contribution in [0.2, 0.25) is 10.0 Å². The molecule has 1 heterocycles. The molecule has 0 aromatic heterocycles. The van der Waals surface area contributed by atoms with Gasteiger partial charge in [0.05, 0.1) is 9.85 Å². The second-order valence-electron chi connectivity index (χ2n) is 5.75. The summed E-state index contributed by atoms with van der Waals surface area (Å²) in [4.78, 5) is 25.3. The molecule has 2 aromatic rings. The molecule has 0 bridgehead atoms. The summed E-state index contributed by atoms with van der Waals surface area (Å²) in [6.45, 7) is 1.85. The van der Waals surface area contributed by atoms with Gasteiger partial charge in [0, 0.05) is 48.4 Å². The molecule has 136 valence electrons. The first kappa shape index (κ1) is 18.2. The molecule has 8 nitrogen and oxygen atoms in total. The van der Waals surface area contributed by atoms with Crippen LogP contribution in [0.25, 0.3) is 0 Å². The maximum Gasteiger partial charge on any atom is 0.292 e. The van der Waals surface area contributed by atoms with E-state index in [-0.39, 0.29) is 11.4 Å². The third kappa shape index (κ3) is 3.66. The first-order valence-corrected chi connectivity index (χ1v) is 8.50. The van der Waals surface area contributed by atoms with Gasteiger partial charge in [-0.3, -0.25) is 20.2 Å². The van der Waals surface area contributed by atoms with Gasteiger partial charge in [-0.05, 0) is 24.3 Å². The Balaban J connectivity index is 1.83. The van der Waals surface area contributed by atoms with E-state index in [1.54, 1.807) is 12.1 Å². The van der Waals surface area contributed by atoms with Gasteiger partial charge in [-0.15, -0.1) is 0 Å². The van der Waals surface area contributed by atoms with E-state index in [1.165, 1.54) is 24.3 Å². The monoisotopic (exact) mass is 396 g/mol. The quantitative estimate of drug-likeness (QED) is 0.569.